The van der Waals surface area contributed by atoms with Crippen LogP contribution in [0.25, 0.3) is 21.9 Å². The minimum atomic E-state index is -0.575. The molecule has 4 heterocycles. The fourth-order valence-electron chi connectivity index (χ4n) is 3.79. The van der Waals surface area contributed by atoms with E-state index in [2.05, 4.69) is 25.3 Å². The van der Waals surface area contributed by atoms with Crippen LogP contribution >= 0.6 is 11.3 Å². The van der Waals surface area contributed by atoms with Crippen LogP contribution in [0.15, 0.2) is 53.5 Å². The first kappa shape index (κ1) is 20.3. The Bertz CT molecular complexity index is 1340. The van der Waals surface area contributed by atoms with Crippen molar-refractivity contribution in [2.24, 2.45) is 0 Å². The predicted molar refractivity (Wildman–Crippen MR) is 120 cm³/mol. The van der Waals surface area contributed by atoms with Gasteiger partial charge in [-0.1, -0.05) is 41.7 Å². The number of amides is 1. The number of hydrogen-bond donors (Lipinski definition) is 2. The van der Waals surface area contributed by atoms with E-state index in [-0.39, 0.29) is 29.0 Å². The lowest BCUT2D eigenvalue weighted by atomic mass is 10.2. The van der Waals surface area contributed by atoms with Crippen LogP contribution in [0.4, 0.5) is 9.52 Å². The quantitative estimate of drug-likeness (QED) is 0.485. The minimum absolute atomic E-state index is 0.0270. The van der Waals surface area contributed by atoms with E-state index in [1.807, 2.05) is 35.2 Å². The number of aromatic amines is 1. The third-order valence-electron chi connectivity index (χ3n) is 5.35. The van der Waals surface area contributed by atoms with Gasteiger partial charge >= 0.3 is 0 Å². The van der Waals surface area contributed by atoms with Gasteiger partial charge in [0.05, 0.1) is 0 Å². The van der Waals surface area contributed by atoms with Gasteiger partial charge in [0.25, 0.3) is 5.56 Å². The number of nitrogens with one attached hydrogen (secondary N) is 2. The Morgan fingerprint density at radius 2 is 2.06 bits per heavy atom. The lowest BCUT2D eigenvalue weighted by Crippen LogP contribution is -2.43. The predicted octanol–water partition coefficient (Wildman–Crippen LogP) is 2.87. The molecule has 1 atom stereocenters. The highest BCUT2D eigenvalue weighted by Crippen LogP contribution is 2.32. The molecule has 0 unspecified atom stereocenters. The van der Waals surface area contributed by atoms with E-state index >= 15 is 0 Å². The molecule has 1 aliphatic rings. The number of halogens is 1. The van der Waals surface area contributed by atoms with E-state index in [0.717, 1.165) is 12.0 Å². The number of anilines is 1. The molecule has 0 saturated carbocycles. The van der Waals surface area contributed by atoms with Crippen molar-refractivity contribution < 1.29 is 9.18 Å². The Morgan fingerprint density at radius 1 is 1.22 bits per heavy atom. The summed E-state index contributed by atoms with van der Waals surface area (Å²) in [4.78, 5) is 43.1. The van der Waals surface area contributed by atoms with Crippen LogP contribution in [-0.2, 0) is 11.3 Å². The van der Waals surface area contributed by atoms with Crippen molar-refractivity contribution in [3.05, 3.63) is 70.4 Å². The van der Waals surface area contributed by atoms with Crippen LogP contribution < -0.4 is 15.8 Å². The summed E-state index contributed by atoms with van der Waals surface area (Å²) in [5.41, 5.74) is 0.693. The smallest absolute Gasteiger partial charge is 0.278 e. The summed E-state index contributed by atoms with van der Waals surface area (Å²) in [5, 5.41) is 3.54. The van der Waals surface area contributed by atoms with E-state index in [9.17, 15) is 14.0 Å². The molecule has 4 aromatic rings. The number of benzene rings is 1. The van der Waals surface area contributed by atoms with Gasteiger partial charge in [-0.05, 0) is 30.5 Å². The lowest BCUT2D eigenvalue weighted by Gasteiger charge is -2.23. The fourth-order valence-corrected chi connectivity index (χ4v) is 4.80. The molecule has 3 aromatic heterocycles. The molecule has 8 nitrogen and oxygen atoms in total. The molecule has 1 amide bonds. The SMILES string of the molecule is O=C(NCc1ccccc1)[C@H]1CCCN1c1nc2c(=O)[nH]c(-c3ncccc3F)nc2s1. The average Bonchev–Trinajstić information content (AvgIpc) is 3.46. The van der Waals surface area contributed by atoms with Gasteiger partial charge in [-0.25, -0.2) is 19.3 Å². The van der Waals surface area contributed by atoms with E-state index in [1.54, 1.807) is 0 Å². The zero-order valence-electron chi connectivity index (χ0n) is 16.9. The lowest BCUT2D eigenvalue weighted by molar-refractivity contribution is -0.122. The molecule has 1 saturated heterocycles. The third-order valence-corrected chi connectivity index (χ3v) is 6.34. The summed E-state index contributed by atoms with van der Waals surface area (Å²) < 4.78 is 14.1. The molecule has 2 N–H and O–H groups in total. The highest BCUT2D eigenvalue weighted by Gasteiger charge is 2.33. The van der Waals surface area contributed by atoms with Crippen LogP contribution in [0.2, 0.25) is 0 Å². The van der Waals surface area contributed by atoms with E-state index < -0.39 is 11.4 Å². The molecule has 5 rings (SSSR count). The number of aromatic nitrogens is 4. The van der Waals surface area contributed by atoms with Crippen LogP contribution in [0.3, 0.4) is 0 Å². The number of thiazole rings is 1. The Labute approximate surface area is 186 Å². The summed E-state index contributed by atoms with van der Waals surface area (Å²) in [6, 6.07) is 12.1. The number of carbonyl (C=O) groups is 1. The van der Waals surface area contributed by atoms with E-state index in [4.69, 9.17) is 0 Å². The van der Waals surface area contributed by atoms with Gasteiger partial charge in [0.15, 0.2) is 27.1 Å². The molecular formula is C22H19FN6O2S. The topological polar surface area (TPSA) is 104 Å². The highest BCUT2D eigenvalue weighted by atomic mass is 32.1. The largest absolute Gasteiger partial charge is 0.350 e. The molecule has 0 spiro atoms. The Balaban J connectivity index is 1.41. The summed E-state index contributed by atoms with van der Waals surface area (Å²) >= 11 is 1.21. The van der Waals surface area contributed by atoms with Gasteiger partial charge in [0, 0.05) is 19.3 Å². The van der Waals surface area contributed by atoms with Gasteiger partial charge < -0.3 is 15.2 Å². The molecule has 1 aliphatic heterocycles. The molecule has 0 bridgehead atoms. The maximum atomic E-state index is 14.1. The first-order chi connectivity index (χ1) is 15.6. The van der Waals surface area contributed by atoms with Crippen LogP contribution in [0.5, 0.6) is 0 Å². The Morgan fingerprint density at radius 3 is 2.88 bits per heavy atom. The number of nitrogens with zero attached hydrogens (tertiary/aromatic N) is 4. The first-order valence-electron chi connectivity index (χ1n) is 10.2. The van der Waals surface area contributed by atoms with Gasteiger partial charge in [-0.3, -0.25) is 9.59 Å². The standard InChI is InChI=1S/C22H19FN6O2S/c23-14-8-4-10-24-16(14)18-27-20(31)17-21(28-18)32-22(26-17)29-11-5-9-15(29)19(30)25-12-13-6-2-1-3-7-13/h1-4,6-8,10,15H,5,9,11-12H2,(H,25,30)(H,27,28,31)/t15-/m1/s1. The minimum Gasteiger partial charge on any atom is -0.350 e. The van der Waals surface area contributed by atoms with Gasteiger partial charge in [-0.15, -0.1) is 0 Å². The van der Waals surface area contributed by atoms with Crippen molar-refractivity contribution in [3.8, 4) is 11.5 Å². The molecule has 1 fully saturated rings. The van der Waals surface area contributed by atoms with Crippen LogP contribution in [0, 0.1) is 5.82 Å². The summed E-state index contributed by atoms with van der Waals surface area (Å²) in [7, 11) is 0. The van der Waals surface area contributed by atoms with Crippen molar-refractivity contribution in [3.63, 3.8) is 0 Å². The Kier molecular flexibility index (Phi) is 5.36. The first-order valence-corrected chi connectivity index (χ1v) is 11.0. The monoisotopic (exact) mass is 450 g/mol. The maximum absolute atomic E-state index is 14.1. The summed E-state index contributed by atoms with van der Waals surface area (Å²) in [5.74, 6) is -0.604. The van der Waals surface area contributed by atoms with Gasteiger partial charge in [0.2, 0.25) is 5.91 Å². The molecule has 1 aromatic carbocycles. The van der Waals surface area contributed by atoms with Crippen molar-refractivity contribution in [1.29, 1.82) is 0 Å². The van der Waals surface area contributed by atoms with E-state index in [0.29, 0.717) is 29.5 Å². The average molecular weight is 450 g/mol. The second-order valence-electron chi connectivity index (χ2n) is 7.45. The van der Waals surface area contributed by atoms with Crippen LogP contribution in [-0.4, -0.2) is 38.4 Å². The normalized spacial score (nSPS) is 15.9. The van der Waals surface area contributed by atoms with E-state index in [1.165, 1.54) is 29.7 Å². The number of fused-ring (bicyclic) bond motifs is 1. The second-order valence-corrected chi connectivity index (χ2v) is 8.41. The zero-order chi connectivity index (χ0) is 22.1. The number of carbonyl (C=O) groups excluding carboxylic acids is 1. The molecule has 32 heavy (non-hydrogen) atoms. The number of rotatable bonds is 5. The molecule has 10 heteroatoms. The maximum Gasteiger partial charge on any atom is 0.278 e. The number of H-pyrrole nitrogens is 1. The van der Waals surface area contributed by atoms with Crippen molar-refractivity contribution in [1.82, 2.24) is 25.3 Å². The molecule has 0 aliphatic carbocycles. The summed E-state index contributed by atoms with van der Waals surface area (Å²) in [6.07, 6.45) is 2.97. The van der Waals surface area contributed by atoms with Crippen LogP contribution in [0.1, 0.15) is 18.4 Å². The van der Waals surface area contributed by atoms with Gasteiger partial charge in [-0.2, -0.15) is 0 Å². The molecular weight excluding hydrogens is 431 g/mol. The molecule has 162 valence electrons. The van der Waals surface area contributed by atoms with Crippen molar-refractivity contribution >= 4 is 32.7 Å². The summed E-state index contributed by atoms with van der Waals surface area (Å²) in [6.45, 7) is 1.10. The molecule has 0 radical (unpaired) electrons. The Hall–Kier alpha value is -3.66. The van der Waals surface area contributed by atoms with Crippen molar-refractivity contribution in [2.45, 2.75) is 25.4 Å². The zero-order valence-corrected chi connectivity index (χ0v) is 17.7. The highest BCUT2D eigenvalue weighted by molar-refractivity contribution is 7.21. The number of hydrogen-bond acceptors (Lipinski definition) is 7. The fraction of sp³-hybridized carbons (Fsp3) is 0.227. The number of pyridine rings is 1. The third kappa shape index (κ3) is 3.84. The second kappa shape index (κ2) is 8.46. The van der Waals surface area contributed by atoms with Gasteiger partial charge in [0.1, 0.15) is 11.7 Å². The van der Waals surface area contributed by atoms with Crippen molar-refractivity contribution in [2.75, 3.05) is 11.4 Å².